The molecule has 0 saturated carbocycles. The van der Waals surface area contributed by atoms with Crippen LogP contribution in [0, 0.1) is 0 Å². The number of likely N-dealkylation sites (tertiary alicyclic amines) is 1. The summed E-state index contributed by atoms with van der Waals surface area (Å²) in [5, 5.41) is 0. The maximum Gasteiger partial charge on any atom is 0.307 e. The number of benzene rings is 1. The number of hydrogen-bond donors (Lipinski definition) is 0. The fourth-order valence-corrected chi connectivity index (χ4v) is 2.74. The van der Waals surface area contributed by atoms with Gasteiger partial charge in [-0.2, -0.15) is 0 Å². The van der Waals surface area contributed by atoms with E-state index < -0.39 is 0 Å². The normalized spacial score (nSPS) is 18.1. The number of carbonyl (C=O) groups is 2. The minimum atomic E-state index is -0.201. The van der Waals surface area contributed by atoms with Crippen molar-refractivity contribution in [1.29, 1.82) is 0 Å². The number of esters is 2. The van der Waals surface area contributed by atoms with Gasteiger partial charge in [0.1, 0.15) is 6.61 Å². The summed E-state index contributed by atoms with van der Waals surface area (Å²) in [7, 11) is 1.41. The second-order valence-electron chi connectivity index (χ2n) is 5.51. The molecule has 1 saturated heterocycles. The van der Waals surface area contributed by atoms with E-state index in [4.69, 9.17) is 9.47 Å². The Morgan fingerprint density at radius 3 is 2.73 bits per heavy atom. The Morgan fingerprint density at radius 1 is 1.23 bits per heavy atom. The van der Waals surface area contributed by atoms with Crippen molar-refractivity contribution in [2.45, 2.75) is 38.3 Å². The van der Waals surface area contributed by atoms with Crippen LogP contribution in [0.1, 0.15) is 31.2 Å². The van der Waals surface area contributed by atoms with Crippen molar-refractivity contribution in [2.75, 3.05) is 20.2 Å². The van der Waals surface area contributed by atoms with Gasteiger partial charge in [0, 0.05) is 12.6 Å². The number of rotatable bonds is 7. The first-order valence-electron chi connectivity index (χ1n) is 7.69. The summed E-state index contributed by atoms with van der Waals surface area (Å²) in [5.74, 6) is -0.392. The maximum absolute atomic E-state index is 11.8. The summed E-state index contributed by atoms with van der Waals surface area (Å²) in [5.41, 5.74) is 0.987. The van der Waals surface area contributed by atoms with Crippen LogP contribution in [0.4, 0.5) is 0 Å². The third-order valence-corrected chi connectivity index (χ3v) is 3.97. The molecule has 120 valence electrons. The number of nitrogens with zero attached hydrogens (tertiary/aromatic N) is 1. The molecule has 1 aromatic rings. The zero-order valence-corrected chi connectivity index (χ0v) is 13.0. The standard InChI is InChI=1S/C17H23NO4/c1-21-17(20)12-15-8-5-10-18(15)11-9-16(19)22-13-14-6-3-2-4-7-14/h2-4,6-7,15H,5,8-13H2,1H3. The van der Waals surface area contributed by atoms with E-state index >= 15 is 0 Å². The molecule has 2 rings (SSSR count). The predicted octanol–water partition coefficient (Wildman–Crippen LogP) is 2.15. The van der Waals surface area contributed by atoms with Crippen LogP contribution in [0.3, 0.4) is 0 Å². The number of methoxy groups -OCH3 is 1. The highest BCUT2D eigenvalue weighted by Crippen LogP contribution is 2.20. The van der Waals surface area contributed by atoms with Gasteiger partial charge < -0.3 is 9.47 Å². The lowest BCUT2D eigenvalue weighted by atomic mass is 10.1. The Hall–Kier alpha value is -1.88. The van der Waals surface area contributed by atoms with Gasteiger partial charge in [0.05, 0.1) is 20.0 Å². The van der Waals surface area contributed by atoms with E-state index in [9.17, 15) is 9.59 Å². The molecule has 1 unspecified atom stereocenters. The van der Waals surface area contributed by atoms with E-state index in [0.717, 1.165) is 24.9 Å². The van der Waals surface area contributed by atoms with Gasteiger partial charge in [-0.1, -0.05) is 30.3 Å². The van der Waals surface area contributed by atoms with E-state index in [1.54, 1.807) is 0 Å². The summed E-state index contributed by atoms with van der Waals surface area (Å²) < 4.78 is 9.98. The van der Waals surface area contributed by atoms with Crippen molar-refractivity contribution >= 4 is 11.9 Å². The smallest absolute Gasteiger partial charge is 0.307 e. The average molecular weight is 305 g/mol. The molecule has 5 heteroatoms. The van der Waals surface area contributed by atoms with Crippen molar-refractivity contribution < 1.29 is 19.1 Å². The van der Waals surface area contributed by atoms with Gasteiger partial charge in [-0.05, 0) is 24.9 Å². The SMILES string of the molecule is COC(=O)CC1CCCN1CCC(=O)OCc1ccccc1. The molecular formula is C17H23NO4. The monoisotopic (exact) mass is 305 g/mol. The van der Waals surface area contributed by atoms with Gasteiger partial charge in [0.15, 0.2) is 0 Å². The number of hydrogen-bond acceptors (Lipinski definition) is 5. The van der Waals surface area contributed by atoms with Crippen LogP contribution < -0.4 is 0 Å². The van der Waals surface area contributed by atoms with Crippen molar-refractivity contribution in [3.63, 3.8) is 0 Å². The molecule has 5 nitrogen and oxygen atoms in total. The third kappa shape index (κ3) is 5.15. The maximum atomic E-state index is 11.8. The van der Waals surface area contributed by atoms with Crippen molar-refractivity contribution in [3.8, 4) is 0 Å². The van der Waals surface area contributed by atoms with Gasteiger partial charge in [-0.25, -0.2) is 0 Å². The molecule has 0 radical (unpaired) electrons. The Kier molecular flexibility index (Phi) is 6.40. The number of ether oxygens (including phenoxy) is 2. The molecule has 22 heavy (non-hydrogen) atoms. The van der Waals surface area contributed by atoms with Crippen LogP contribution in [0.5, 0.6) is 0 Å². The van der Waals surface area contributed by atoms with E-state index in [0.29, 0.717) is 26.0 Å². The van der Waals surface area contributed by atoms with E-state index in [-0.39, 0.29) is 18.0 Å². The highest BCUT2D eigenvalue weighted by molar-refractivity contribution is 5.70. The lowest BCUT2D eigenvalue weighted by molar-refractivity contribution is -0.145. The zero-order valence-electron chi connectivity index (χ0n) is 13.0. The molecule has 0 N–H and O–H groups in total. The summed E-state index contributed by atoms with van der Waals surface area (Å²) in [6.45, 7) is 1.87. The molecule has 0 bridgehead atoms. The molecule has 1 aromatic carbocycles. The average Bonchev–Trinajstić information content (AvgIpc) is 2.99. The molecule has 0 amide bonds. The summed E-state index contributed by atoms with van der Waals surface area (Å²) in [6, 6.07) is 9.82. The molecule has 1 aliphatic heterocycles. The predicted molar refractivity (Wildman–Crippen MR) is 82.1 cm³/mol. The van der Waals surface area contributed by atoms with Crippen molar-refractivity contribution in [1.82, 2.24) is 4.90 Å². The minimum Gasteiger partial charge on any atom is -0.469 e. The van der Waals surface area contributed by atoms with Crippen LogP contribution >= 0.6 is 0 Å². The van der Waals surface area contributed by atoms with Crippen molar-refractivity contribution in [3.05, 3.63) is 35.9 Å². The van der Waals surface area contributed by atoms with Crippen LogP contribution in [0.15, 0.2) is 30.3 Å². The zero-order chi connectivity index (χ0) is 15.8. The Balaban J connectivity index is 1.70. The fraction of sp³-hybridized carbons (Fsp3) is 0.529. The molecular weight excluding hydrogens is 282 g/mol. The first kappa shape index (κ1) is 16.5. The van der Waals surface area contributed by atoms with Crippen LogP contribution in [-0.2, 0) is 25.7 Å². The van der Waals surface area contributed by atoms with Crippen molar-refractivity contribution in [2.24, 2.45) is 0 Å². The molecule has 1 aliphatic rings. The first-order valence-corrected chi connectivity index (χ1v) is 7.69. The largest absolute Gasteiger partial charge is 0.469 e. The van der Waals surface area contributed by atoms with E-state index in [2.05, 4.69) is 4.90 Å². The third-order valence-electron chi connectivity index (χ3n) is 3.97. The van der Waals surface area contributed by atoms with E-state index in [1.807, 2.05) is 30.3 Å². The summed E-state index contributed by atoms with van der Waals surface area (Å²) in [4.78, 5) is 25.4. The van der Waals surface area contributed by atoms with Gasteiger partial charge in [-0.15, -0.1) is 0 Å². The van der Waals surface area contributed by atoms with Gasteiger partial charge in [0.25, 0.3) is 0 Å². The van der Waals surface area contributed by atoms with Crippen LogP contribution in [-0.4, -0.2) is 43.1 Å². The lowest BCUT2D eigenvalue weighted by Crippen LogP contribution is -2.33. The van der Waals surface area contributed by atoms with Gasteiger partial charge in [-0.3, -0.25) is 14.5 Å². The highest BCUT2D eigenvalue weighted by atomic mass is 16.5. The number of carbonyl (C=O) groups excluding carboxylic acids is 2. The molecule has 1 atom stereocenters. The Morgan fingerprint density at radius 2 is 2.00 bits per heavy atom. The summed E-state index contributed by atoms with van der Waals surface area (Å²) in [6.07, 6.45) is 2.79. The molecule has 1 fully saturated rings. The first-order chi connectivity index (χ1) is 10.7. The van der Waals surface area contributed by atoms with Crippen LogP contribution in [0.2, 0.25) is 0 Å². The summed E-state index contributed by atoms with van der Waals surface area (Å²) >= 11 is 0. The lowest BCUT2D eigenvalue weighted by Gasteiger charge is -2.23. The van der Waals surface area contributed by atoms with Gasteiger partial charge in [0.2, 0.25) is 0 Å². The Labute approximate surface area is 131 Å². The van der Waals surface area contributed by atoms with Gasteiger partial charge >= 0.3 is 11.9 Å². The molecule has 1 heterocycles. The molecule has 0 spiro atoms. The highest BCUT2D eigenvalue weighted by Gasteiger charge is 2.27. The second kappa shape index (κ2) is 8.54. The molecule has 0 aromatic heterocycles. The minimum absolute atomic E-state index is 0.189. The Bertz CT molecular complexity index is 489. The second-order valence-corrected chi connectivity index (χ2v) is 5.51. The quantitative estimate of drug-likeness (QED) is 0.723. The fourth-order valence-electron chi connectivity index (χ4n) is 2.74. The topological polar surface area (TPSA) is 55.8 Å². The van der Waals surface area contributed by atoms with E-state index in [1.165, 1.54) is 7.11 Å². The molecule has 0 aliphatic carbocycles. The van der Waals surface area contributed by atoms with Crippen LogP contribution in [0.25, 0.3) is 0 Å².